The fraction of sp³-hybridized carbons (Fsp3) is 0.588. The van der Waals surface area contributed by atoms with Crippen LogP contribution >= 0.6 is 0 Å². The van der Waals surface area contributed by atoms with E-state index < -0.39 is 10.0 Å². The van der Waals surface area contributed by atoms with Gasteiger partial charge in [0.15, 0.2) is 0 Å². The highest BCUT2D eigenvalue weighted by molar-refractivity contribution is 7.92. The molecule has 1 fully saturated rings. The molecular weight excluding hydrogens is 342 g/mol. The molecule has 1 amide bonds. The predicted octanol–water partition coefficient (Wildman–Crippen LogP) is 1.67. The highest BCUT2D eigenvalue weighted by atomic mass is 32.2. The first-order chi connectivity index (χ1) is 11.9. The average molecular weight is 369 g/mol. The van der Waals surface area contributed by atoms with Crippen molar-refractivity contribution in [2.75, 3.05) is 37.2 Å². The van der Waals surface area contributed by atoms with Crippen LogP contribution in [0.2, 0.25) is 0 Å². The van der Waals surface area contributed by atoms with Gasteiger partial charge in [-0.3, -0.25) is 14.4 Å². The summed E-state index contributed by atoms with van der Waals surface area (Å²) in [5.41, 5.74) is 0.670. The predicted molar refractivity (Wildman–Crippen MR) is 98.7 cm³/mol. The number of anilines is 1. The summed E-state index contributed by atoms with van der Waals surface area (Å²) in [7, 11) is -1.92. The van der Waals surface area contributed by atoms with Crippen molar-refractivity contribution < 1.29 is 17.9 Å². The summed E-state index contributed by atoms with van der Waals surface area (Å²) in [5.74, 6) is 0.114. The van der Waals surface area contributed by atoms with Crippen molar-refractivity contribution >= 4 is 21.6 Å². The molecule has 1 atom stereocenters. The number of hydrogen-bond acceptors (Lipinski definition) is 5. The third-order valence-corrected chi connectivity index (χ3v) is 5.81. The van der Waals surface area contributed by atoms with E-state index >= 15 is 0 Å². The molecule has 0 saturated carbocycles. The third kappa shape index (κ3) is 5.09. The van der Waals surface area contributed by atoms with Gasteiger partial charge in [-0.25, -0.2) is 8.42 Å². The van der Waals surface area contributed by atoms with Gasteiger partial charge in [0, 0.05) is 18.3 Å². The van der Waals surface area contributed by atoms with Crippen LogP contribution in [0, 0.1) is 0 Å². The molecule has 1 heterocycles. The van der Waals surface area contributed by atoms with Crippen molar-refractivity contribution in [1.82, 2.24) is 10.2 Å². The monoisotopic (exact) mass is 369 g/mol. The molecule has 1 aromatic rings. The van der Waals surface area contributed by atoms with Crippen molar-refractivity contribution in [3.05, 3.63) is 23.8 Å². The minimum absolute atomic E-state index is 0.0326. The zero-order valence-corrected chi connectivity index (χ0v) is 15.9. The summed E-state index contributed by atoms with van der Waals surface area (Å²) in [6, 6.07) is 5.03. The van der Waals surface area contributed by atoms with Gasteiger partial charge in [0.1, 0.15) is 5.75 Å². The smallest absolute Gasteiger partial charge is 0.255 e. The molecule has 0 aromatic heterocycles. The van der Waals surface area contributed by atoms with E-state index in [9.17, 15) is 13.2 Å². The van der Waals surface area contributed by atoms with Gasteiger partial charge >= 0.3 is 0 Å². The number of sulfonamides is 1. The van der Waals surface area contributed by atoms with Gasteiger partial charge in [-0.05, 0) is 51.1 Å². The molecule has 0 aliphatic carbocycles. The summed E-state index contributed by atoms with van der Waals surface area (Å²) < 4.78 is 31.1. The Labute approximate surface area is 149 Å². The average Bonchev–Trinajstić information content (AvgIpc) is 3.06. The number of likely N-dealkylation sites (tertiary alicyclic amines) is 1. The molecule has 1 aliphatic heterocycles. The number of methoxy groups -OCH3 is 1. The highest BCUT2D eigenvalue weighted by Crippen LogP contribution is 2.24. The SMILES string of the molecule is CCN1CCCC1CNC(=O)c1cc(NS(=O)(=O)CC)ccc1OC. The molecule has 0 bridgehead atoms. The van der Waals surface area contributed by atoms with E-state index in [0.29, 0.717) is 29.6 Å². The van der Waals surface area contributed by atoms with E-state index in [0.717, 1.165) is 25.9 Å². The number of amides is 1. The number of carbonyl (C=O) groups is 1. The number of nitrogens with zero attached hydrogens (tertiary/aromatic N) is 1. The van der Waals surface area contributed by atoms with Crippen LogP contribution in [-0.2, 0) is 10.0 Å². The molecule has 0 radical (unpaired) electrons. The fourth-order valence-corrected chi connectivity index (χ4v) is 3.68. The summed E-state index contributed by atoms with van der Waals surface area (Å²) in [6.45, 7) is 6.28. The van der Waals surface area contributed by atoms with Crippen molar-refractivity contribution in [1.29, 1.82) is 0 Å². The van der Waals surface area contributed by atoms with Gasteiger partial charge in [0.25, 0.3) is 5.91 Å². The molecule has 2 rings (SSSR count). The largest absolute Gasteiger partial charge is 0.496 e. The Hall–Kier alpha value is -1.80. The number of rotatable bonds is 8. The maximum absolute atomic E-state index is 12.6. The quantitative estimate of drug-likeness (QED) is 0.728. The number of nitrogens with one attached hydrogen (secondary N) is 2. The van der Waals surface area contributed by atoms with Crippen LogP contribution in [0.15, 0.2) is 18.2 Å². The highest BCUT2D eigenvalue weighted by Gasteiger charge is 2.24. The standard InChI is InChI=1S/C17H27N3O4S/c1-4-20-10-6-7-14(20)12-18-17(21)15-11-13(8-9-16(15)24-3)19-25(22,23)5-2/h8-9,11,14,19H,4-7,10,12H2,1-3H3,(H,18,21). The molecule has 7 nitrogen and oxygen atoms in total. The number of carbonyl (C=O) groups excluding carboxylic acids is 1. The van der Waals surface area contributed by atoms with Crippen molar-refractivity contribution in [2.24, 2.45) is 0 Å². The van der Waals surface area contributed by atoms with Gasteiger partial charge in [0.2, 0.25) is 10.0 Å². The van der Waals surface area contributed by atoms with E-state index in [-0.39, 0.29) is 11.7 Å². The molecular formula is C17H27N3O4S. The van der Waals surface area contributed by atoms with E-state index in [1.165, 1.54) is 13.2 Å². The van der Waals surface area contributed by atoms with Gasteiger partial charge < -0.3 is 10.1 Å². The molecule has 1 aliphatic rings. The lowest BCUT2D eigenvalue weighted by atomic mass is 10.1. The van der Waals surface area contributed by atoms with Crippen LogP contribution in [0.3, 0.4) is 0 Å². The normalized spacial score (nSPS) is 18.1. The first kappa shape index (κ1) is 19.5. The van der Waals surface area contributed by atoms with Crippen LogP contribution in [-0.4, -0.2) is 57.8 Å². The minimum Gasteiger partial charge on any atom is -0.496 e. The Bertz CT molecular complexity index is 706. The Morgan fingerprint density at radius 3 is 2.76 bits per heavy atom. The maximum Gasteiger partial charge on any atom is 0.255 e. The van der Waals surface area contributed by atoms with Crippen LogP contribution in [0.25, 0.3) is 0 Å². The fourth-order valence-electron chi connectivity index (χ4n) is 3.05. The molecule has 1 unspecified atom stereocenters. The van der Waals surface area contributed by atoms with Gasteiger partial charge in [-0.1, -0.05) is 6.92 Å². The summed E-state index contributed by atoms with van der Waals surface area (Å²) in [5, 5.41) is 2.95. The second-order valence-corrected chi connectivity index (χ2v) is 8.07. The van der Waals surface area contributed by atoms with Crippen LogP contribution in [0.1, 0.15) is 37.0 Å². The summed E-state index contributed by atoms with van der Waals surface area (Å²) in [6.07, 6.45) is 2.22. The van der Waals surface area contributed by atoms with Gasteiger partial charge in [0.05, 0.1) is 18.4 Å². The van der Waals surface area contributed by atoms with E-state index in [1.807, 2.05) is 0 Å². The second kappa shape index (κ2) is 8.53. The lowest BCUT2D eigenvalue weighted by Gasteiger charge is -2.23. The van der Waals surface area contributed by atoms with E-state index in [1.54, 1.807) is 19.1 Å². The molecule has 0 spiro atoms. The molecule has 2 N–H and O–H groups in total. The van der Waals surface area contributed by atoms with E-state index in [4.69, 9.17) is 4.74 Å². The minimum atomic E-state index is -3.40. The molecule has 140 valence electrons. The third-order valence-electron chi connectivity index (χ3n) is 4.50. The van der Waals surface area contributed by atoms with Gasteiger partial charge in [-0.15, -0.1) is 0 Å². The van der Waals surface area contributed by atoms with Crippen molar-refractivity contribution in [2.45, 2.75) is 32.7 Å². The molecule has 1 aromatic carbocycles. The summed E-state index contributed by atoms with van der Waals surface area (Å²) in [4.78, 5) is 14.9. The van der Waals surface area contributed by atoms with E-state index in [2.05, 4.69) is 21.9 Å². The van der Waals surface area contributed by atoms with Crippen LogP contribution in [0.5, 0.6) is 5.75 Å². The number of likely N-dealkylation sites (N-methyl/N-ethyl adjacent to an activating group) is 1. The number of ether oxygens (including phenoxy) is 1. The van der Waals surface area contributed by atoms with Crippen molar-refractivity contribution in [3.8, 4) is 5.75 Å². The zero-order chi connectivity index (χ0) is 18.4. The topological polar surface area (TPSA) is 87.7 Å². The Balaban J connectivity index is 2.11. The Morgan fingerprint density at radius 1 is 1.36 bits per heavy atom. The zero-order valence-electron chi connectivity index (χ0n) is 15.0. The first-order valence-corrected chi connectivity index (χ1v) is 10.3. The van der Waals surface area contributed by atoms with Crippen LogP contribution < -0.4 is 14.8 Å². The maximum atomic E-state index is 12.6. The lowest BCUT2D eigenvalue weighted by Crippen LogP contribution is -2.40. The lowest BCUT2D eigenvalue weighted by molar-refractivity contribution is 0.0938. The number of hydrogen-bond donors (Lipinski definition) is 2. The summed E-state index contributed by atoms with van der Waals surface area (Å²) >= 11 is 0. The Kier molecular flexibility index (Phi) is 6.66. The molecule has 1 saturated heterocycles. The Morgan fingerprint density at radius 2 is 2.12 bits per heavy atom. The number of benzene rings is 1. The van der Waals surface area contributed by atoms with Gasteiger partial charge in [-0.2, -0.15) is 0 Å². The molecule has 8 heteroatoms. The molecule has 25 heavy (non-hydrogen) atoms. The van der Waals surface area contributed by atoms with Crippen LogP contribution in [0.4, 0.5) is 5.69 Å². The first-order valence-electron chi connectivity index (χ1n) is 8.61. The van der Waals surface area contributed by atoms with Crippen molar-refractivity contribution in [3.63, 3.8) is 0 Å². The second-order valence-electron chi connectivity index (χ2n) is 6.06.